The van der Waals surface area contributed by atoms with Crippen LogP contribution < -0.4 is 21.5 Å². The van der Waals surface area contributed by atoms with Crippen LogP contribution in [0.5, 0.6) is 0 Å². The molecule has 58 heavy (non-hydrogen) atoms. The highest BCUT2D eigenvalue weighted by molar-refractivity contribution is 7.87. The summed E-state index contributed by atoms with van der Waals surface area (Å²) in [7, 11) is -14.0. The molecule has 0 saturated heterocycles. The maximum Gasteiger partial charge on any atom is 0.296 e. The van der Waals surface area contributed by atoms with E-state index >= 15 is 0 Å². The van der Waals surface area contributed by atoms with Crippen molar-refractivity contribution in [2.75, 3.05) is 23.7 Å². The number of unbranched alkanes of at least 4 members (excludes halogenated alkanes) is 3. The maximum absolute atomic E-state index is 14.4. The Balaban J connectivity index is 1.56. The topological polar surface area (TPSA) is 272 Å². The highest BCUT2D eigenvalue weighted by Gasteiger charge is 2.35. The molecule has 304 valence electrons. The summed E-state index contributed by atoms with van der Waals surface area (Å²) >= 11 is 0. The van der Waals surface area contributed by atoms with E-state index in [1.165, 1.54) is 49.5 Å². The van der Waals surface area contributed by atoms with Crippen molar-refractivity contribution in [3.05, 3.63) is 105 Å². The summed E-state index contributed by atoms with van der Waals surface area (Å²) < 4.78 is 105. The number of ketones is 2. The molecule has 0 unspecified atom stereocenters. The summed E-state index contributed by atoms with van der Waals surface area (Å²) in [5, 5.41) is 8.02. The van der Waals surface area contributed by atoms with Crippen LogP contribution >= 0.6 is 0 Å². The molecule has 0 fully saturated rings. The van der Waals surface area contributed by atoms with Crippen molar-refractivity contribution in [3.8, 4) is 11.1 Å². The van der Waals surface area contributed by atoms with Gasteiger partial charge in [-0.1, -0.05) is 62.6 Å². The Morgan fingerprint density at radius 1 is 0.707 bits per heavy atom. The number of anilines is 3. The lowest BCUT2D eigenvalue weighted by Gasteiger charge is -2.26. The predicted molar refractivity (Wildman–Crippen MR) is 213 cm³/mol. The van der Waals surface area contributed by atoms with Crippen LogP contribution in [0.1, 0.15) is 64.4 Å². The highest BCUT2D eigenvalue weighted by Crippen LogP contribution is 2.45. The van der Waals surface area contributed by atoms with Crippen LogP contribution in [0.4, 0.5) is 17.1 Å². The van der Waals surface area contributed by atoms with E-state index in [1.807, 2.05) is 6.92 Å². The van der Waals surface area contributed by atoms with E-state index in [1.54, 1.807) is 6.07 Å². The van der Waals surface area contributed by atoms with Crippen LogP contribution in [0.15, 0.2) is 92.3 Å². The maximum atomic E-state index is 14.4. The first kappa shape index (κ1) is 42.0. The molecular weight excluding hydrogens is 817 g/mol. The van der Waals surface area contributed by atoms with Gasteiger partial charge >= 0.3 is 0 Å². The van der Waals surface area contributed by atoms with Gasteiger partial charge in [0.15, 0.2) is 11.6 Å². The molecule has 0 saturated carbocycles. The Hall–Kier alpha value is -5.61. The van der Waals surface area contributed by atoms with E-state index in [4.69, 9.17) is 0 Å². The summed E-state index contributed by atoms with van der Waals surface area (Å²) in [4.78, 5) is 52.9. The Morgan fingerprint density at radius 3 is 2.03 bits per heavy atom. The summed E-state index contributed by atoms with van der Waals surface area (Å²) in [6.07, 6.45) is 3.66. The molecule has 1 aliphatic rings. The molecule has 1 heterocycles. The lowest BCUT2D eigenvalue weighted by molar-refractivity contribution is -0.115. The third kappa shape index (κ3) is 8.21. The minimum Gasteiger partial charge on any atom is -0.354 e. The van der Waals surface area contributed by atoms with E-state index < -0.39 is 85.0 Å². The van der Waals surface area contributed by atoms with Gasteiger partial charge in [-0.3, -0.25) is 32.8 Å². The molecule has 0 atom stereocenters. The van der Waals surface area contributed by atoms with Crippen molar-refractivity contribution >= 4 is 75.8 Å². The van der Waals surface area contributed by atoms with Crippen LogP contribution in [0.3, 0.4) is 0 Å². The summed E-state index contributed by atoms with van der Waals surface area (Å²) in [5.74, 6) is -2.38. The molecule has 0 spiro atoms. The number of hydrogen-bond donors (Lipinski definition) is 6. The zero-order valence-corrected chi connectivity index (χ0v) is 33.2. The molecule has 4 aromatic carbocycles. The molecule has 6 rings (SSSR count). The standard InChI is InChI=1S/C38H36N4O13S3/c1-3-4-5-8-16-39-20-31(43)41-27-18-26(29(57(50,51)52)19-30(27)58(53,54)55)40-25-14-15-28-34-32(23-12-6-7-13-24(23)37(45)33(25)34)35(38(46)42(28)2)36(44)21-10-9-11-22(17-21)56(47,48)49/h6-7,9-15,17-19,39-40H,3-5,8,16,20H2,1-2H3,(H,41,43)(H,47,48,49)(H,50,51,52)(H,53,54,55). The van der Waals surface area contributed by atoms with Crippen molar-refractivity contribution in [3.63, 3.8) is 0 Å². The molecule has 6 N–H and O–H groups in total. The Kier molecular flexibility index (Phi) is 11.6. The van der Waals surface area contributed by atoms with Gasteiger partial charge in [0.2, 0.25) is 5.91 Å². The SMILES string of the molecule is CCCCCCNCC(=O)Nc1cc(Nc2ccc3c4c2C(=O)c2ccccc2-c4c(C(=O)c2cccc(S(=O)(=O)O)c2)c(=O)n3C)c(S(=O)(=O)O)cc1S(=O)(=O)O. The quantitative estimate of drug-likeness (QED) is 0.0469. The van der Waals surface area contributed by atoms with Gasteiger partial charge in [0, 0.05) is 29.1 Å². The lowest BCUT2D eigenvalue weighted by Crippen LogP contribution is -2.29. The Bertz CT molecular complexity index is 2960. The highest BCUT2D eigenvalue weighted by atomic mass is 32.2. The predicted octanol–water partition coefficient (Wildman–Crippen LogP) is 4.57. The number of nitrogens with one attached hydrogen (secondary N) is 3. The van der Waals surface area contributed by atoms with E-state index in [0.29, 0.717) is 12.6 Å². The first-order valence-electron chi connectivity index (χ1n) is 17.6. The van der Waals surface area contributed by atoms with E-state index in [-0.39, 0.29) is 51.0 Å². The average Bonchev–Trinajstić information content (AvgIpc) is 3.15. The molecule has 1 aromatic heterocycles. The number of rotatable bonds is 15. The molecule has 17 nitrogen and oxygen atoms in total. The fraction of sp³-hybridized carbons (Fsp3) is 0.211. The Morgan fingerprint density at radius 2 is 1.38 bits per heavy atom. The van der Waals surface area contributed by atoms with Crippen molar-refractivity contribution in [2.24, 2.45) is 7.05 Å². The molecule has 1 amide bonds. The van der Waals surface area contributed by atoms with Crippen LogP contribution in [-0.4, -0.2) is 74.0 Å². The summed E-state index contributed by atoms with van der Waals surface area (Å²) in [5.41, 5.74) is -2.79. The number of pyridine rings is 1. The van der Waals surface area contributed by atoms with Crippen LogP contribution in [0.25, 0.3) is 22.0 Å². The lowest BCUT2D eigenvalue weighted by atomic mass is 9.80. The number of amides is 1. The number of aryl methyl sites for hydroxylation is 1. The number of fused-ring (bicyclic) bond motifs is 2. The van der Waals surface area contributed by atoms with Crippen molar-refractivity contribution in [1.82, 2.24) is 9.88 Å². The summed E-state index contributed by atoms with van der Waals surface area (Å²) in [6.45, 7) is 2.22. The van der Waals surface area contributed by atoms with Crippen molar-refractivity contribution in [2.45, 2.75) is 47.3 Å². The monoisotopic (exact) mass is 852 g/mol. The minimum atomic E-state index is -5.30. The zero-order valence-electron chi connectivity index (χ0n) is 30.8. The average molecular weight is 853 g/mol. The zero-order chi connectivity index (χ0) is 42.3. The third-order valence-corrected chi connectivity index (χ3v) is 12.2. The fourth-order valence-corrected chi connectivity index (χ4v) is 8.74. The van der Waals surface area contributed by atoms with Gasteiger partial charge in [-0.15, -0.1) is 0 Å². The molecular formula is C38H36N4O13S3. The number of nitrogens with zero attached hydrogens (tertiary/aromatic N) is 1. The van der Waals surface area contributed by atoms with Crippen molar-refractivity contribution < 1.29 is 53.3 Å². The minimum absolute atomic E-state index is 0.00594. The second kappa shape index (κ2) is 16.0. The number of hydrogen-bond acceptors (Lipinski definition) is 12. The number of benzene rings is 4. The number of aromatic nitrogens is 1. The summed E-state index contributed by atoms with van der Waals surface area (Å²) in [6, 6.07) is 14.3. The normalized spacial score (nSPS) is 12.7. The van der Waals surface area contributed by atoms with Crippen LogP contribution in [0, 0.1) is 0 Å². The molecule has 5 aromatic rings. The molecule has 1 aliphatic carbocycles. The second-order valence-corrected chi connectivity index (χ2v) is 17.6. The van der Waals surface area contributed by atoms with Gasteiger partial charge < -0.3 is 20.5 Å². The Labute approximate surface area is 332 Å². The van der Waals surface area contributed by atoms with E-state index in [0.717, 1.165) is 48.4 Å². The second-order valence-electron chi connectivity index (χ2n) is 13.4. The van der Waals surface area contributed by atoms with Crippen LogP contribution in [-0.2, 0) is 42.2 Å². The third-order valence-electron chi connectivity index (χ3n) is 9.53. The van der Waals surface area contributed by atoms with Crippen molar-refractivity contribution in [1.29, 1.82) is 0 Å². The first-order valence-corrected chi connectivity index (χ1v) is 21.9. The first-order chi connectivity index (χ1) is 27.2. The molecule has 0 bridgehead atoms. The van der Waals surface area contributed by atoms with Gasteiger partial charge in [0.05, 0.1) is 45.1 Å². The number of carbonyl (C=O) groups is 3. The van der Waals surface area contributed by atoms with E-state index in [9.17, 15) is 58.1 Å². The number of carbonyl (C=O) groups excluding carboxylic acids is 3. The van der Waals surface area contributed by atoms with E-state index in [2.05, 4.69) is 16.0 Å². The van der Waals surface area contributed by atoms with Gasteiger partial charge in [0.1, 0.15) is 9.79 Å². The van der Waals surface area contributed by atoms with Crippen LogP contribution in [0.2, 0.25) is 0 Å². The molecule has 0 radical (unpaired) electrons. The fourth-order valence-electron chi connectivity index (χ4n) is 6.83. The molecule has 20 heteroatoms. The van der Waals surface area contributed by atoms with Gasteiger partial charge in [-0.05, 0) is 54.9 Å². The largest absolute Gasteiger partial charge is 0.354 e. The van der Waals surface area contributed by atoms with Gasteiger partial charge in [-0.2, -0.15) is 25.3 Å². The van der Waals surface area contributed by atoms with Gasteiger partial charge in [0.25, 0.3) is 35.9 Å². The smallest absolute Gasteiger partial charge is 0.296 e. The molecule has 0 aliphatic heterocycles. The van der Waals surface area contributed by atoms with Gasteiger partial charge in [-0.25, -0.2) is 0 Å².